The lowest BCUT2D eigenvalue weighted by Crippen LogP contribution is -1.84. The summed E-state index contributed by atoms with van der Waals surface area (Å²) in [6, 6.07) is 0. The first-order chi connectivity index (χ1) is 2.77. The second-order valence-corrected chi connectivity index (χ2v) is 2.51. The fourth-order valence-corrected chi connectivity index (χ4v) is 0.866. The van der Waals surface area contributed by atoms with Crippen LogP contribution in [0.5, 0.6) is 0 Å². The number of thioether (sulfide) groups is 1. The average molecular weight is 103 g/mol. The van der Waals surface area contributed by atoms with Crippen LogP contribution in [0.1, 0.15) is 13.8 Å². The first kappa shape index (κ1) is 6.35. The minimum absolute atomic E-state index is 1.21. The van der Waals surface area contributed by atoms with Crippen molar-refractivity contribution in [2.45, 2.75) is 13.8 Å². The fourth-order valence-electron chi connectivity index (χ4n) is 0.289. The van der Waals surface area contributed by atoms with E-state index in [1.54, 1.807) is 0 Å². The number of hydrogen-bond donors (Lipinski definition) is 0. The summed E-state index contributed by atoms with van der Waals surface area (Å²) in [5, 5.41) is 0. The van der Waals surface area contributed by atoms with Crippen LogP contribution in [0.15, 0.2) is 0 Å². The van der Waals surface area contributed by atoms with Gasteiger partial charge in [0.05, 0.1) is 0 Å². The zero-order valence-corrected chi connectivity index (χ0v) is 5.43. The quantitative estimate of drug-likeness (QED) is 0.481. The molecule has 0 spiro atoms. The largest absolute Gasteiger partial charge is 0.310 e. The SMILES string of the molecule is CSC[C-](C)C. The molecule has 0 nitrogen and oxygen atoms in total. The van der Waals surface area contributed by atoms with Gasteiger partial charge in [0.15, 0.2) is 0 Å². The summed E-state index contributed by atoms with van der Waals surface area (Å²) in [5.41, 5.74) is 0. The van der Waals surface area contributed by atoms with Crippen LogP contribution >= 0.6 is 11.8 Å². The van der Waals surface area contributed by atoms with E-state index >= 15 is 0 Å². The molecule has 0 saturated carbocycles. The van der Waals surface area contributed by atoms with Gasteiger partial charge in [0.1, 0.15) is 0 Å². The molecular formula is C5H11S-. The summed E-state index contributed by atoms with van der Waals surface area (Å²) in [5.74, 6) is 2.71. The lowest BCUT2D eigenvalue weighted by atomic mass is 10.3. The lowest BCUT2D eigenvalue weighted by Gasteiger charge is -2.12. The Morgan fingerprint density at radius 1 is 1.50 bits per heavy atom. The standard InChI is InChI=1S/C5H11S/c1-5(2)4-6-3/h4H2,1-3H3/q-1. The van der Waals surface area contributed by atoms with Crippen molar-refractivity contribution in [2.24, 2.45) is 0 Å². The van der Waals surface area contributed by atoms with Crippen molar-refractivity contribution >= 4 is 11.8 Å². The third-order valence-corrected chi connectivity index (χ3v) is 1.30. The van der Waals surface area contributed by atoms with Gasteiger partial charge in [0.25, 0.3) is 0 Å². The molecule has 0 aromatic rings. The van der Waals surface area contributed by atoms with Crippen molar-refractivity contribution in [1.82, 2.24) is 0 Å². The smallest absolute Gasteiger partial charge is 0.0210 e. The summed E-state index contributed by atoms with van der Waals surface area (Å²) in [6.45, 7) is 4.30. The molecule has 38 valence electrons. The summed E-state index contributed by atoms with van der Waals surface area (Å²) >= 11 is 1.87. The van der Waals surface area contributed by atoms with E-state index in [1.807, 2.05) is 11.8 Å². The lowest BCUT2D eigenvalue weighted by molar-refractivity contribution is 1.12. The zero-order chi connectivity index (χ0) is 4.99. The predicted molar refractivity (Wildman–Crippen MR) is 33.0 cm³/mol. The monoisotopic (exact) mass is 103 g/mol. The predicted octanol–water partition coefficient (Wildman–Crippen LogP) is 1.96. The van der Waals surface area contributed by atoms with E-state index in [0.29, 0.717) is 0 Å². The second kappa shape index (κ2) is 3.54. The first-order valence-electron chi connectivity index (χ1n) is 2.05. The normalized spacial score (nSPS) is 10.0. The molecule has 1 heteroatoms. The molecule has 0 aromatic heterocycles. The molecule has 0 aromatic carbocycles. The maximum atomic E-state index is 2.15. The Hall–Kier alpha value is 0.350. The molecule has 0 saturated heterocycles. The van der Waals surface area contributed by atoms with Crippen molar-refractivity contribution in [3.05, 3.63) is 5.92 Å². The minimum Gasteiger partial charge on any atom is -0.310 e. The van der Waals surface area contributed by atoms with Gasteiger partial charge in [-0.2, -0.15) is 25.6 Å². The molecule has 0 aliphatic heterocycles. The Morgan fingerprint density at radius 2 is 2.00 bits per heavy atom. The van der Waals surface area contributed by atoms with E-state index in [-0.39, 0.29) is 0 Å². The molecule has 0 fully saturated rings. The van der Waals surface area contributed by atoms with Gasteiger partial charge in [0.2, 0.25) is 0 Å². The van der Waals surface area contributed by atoms with E-state index in [0.717, 1.165) is 0 Å². The number of hydrogen-bond acceptors (Lipinski definition) is 1. The van der Waals surface area contributed by atoms with Gasteiger partial charge in [0, 0.05) is 0 Å². The molecule has 0 unspecified atom stereocenters. The summed E-state index contributed by atoms with van der Waals surface area (Å²) < 4.78 is 0. The highest BCUT2D eigenvalue weighted by atomic mass is 32.2. The Morgan fingerprint density at radius 3 is 2.00 bits per heavy atom. The van der Waals surface area contributed by atoms with Crippen LogP contribution in [0, 0.1) is 5.92 Å². The molecule has 0 aliphatic carbocycles. The van der Waals surface area contributed by atoms with Crippen molar-refractivity contribution < 1.29 is 0 Å². The van der Waals surface area contributed by atoms with E-state index < -0.39 is 0 Å². The molecule has 0 N–H and O–H groups in total. The van der Waals surface area contributed by atoms with Crippen molar-refractivity contribution in [3.8, 4) is 0 Å². The summed E-state index contributed by atoms with van der Waals surface area (Å²) in [7, 11) is 0. The highest BCUT2D eigenvalue weighted by molar-refractivity contribution is 7.98. The molecule has 0 aliphatic rings. The molecule has 0 heterocycles. The van der Waals surface area contributed by atoms with E-state index in [2.05, 4.69) is 20.1 Å². The van der Waals surface area contributed by atoms with Crippen LogP contribution in [0.3, 0.4) is 0 Å². The average Bonchev–Trinajstić information content (AvgIpc) is 1.35. The van der Waals surface area contributed by atoms with Crippen molar-refractivity contribution in [1.29, 1.82) is 0 Å². The highest BCUT2D eigenvalue weighted by Gasteiger charge is 1.70. The second-order valence-electron chi connectivity index (χ2n) is 1.64. The van der Waals surface area contributed by atoms with Gasteiger partial charge in [-0.05, 0) is 6.26 Å². The zero-order valence-electron chi connectivity index (χ0n) is 4.62. The minimum atomic E-state index is 1.21. The van der Waals surface area contributed by atoms with Crippen molar-refractivity contribution in [2.75, 3.05) is 12.0 Å². The van der Waals surface area contributed by atoms with Gasteiger partial charge in [-0.25, -0.2) is 0 Å². The third-order valence-electron chi connectivity index (χ3n) is 0.433. The van der Waals surface area contributed by atoms with Gasteiger partial charge in [-0.3, -0.25) is 0 Å². The van der Waals surface area contributed by atoms with E-state index in [9.17, 15) is 0 Å². The molecule has 0 rings (SSSR count). The highest BCUT2D eigenvalue weighted by Crippen LogP contribution is 2.02. The fraction of sp³-hybridized carbons (Fsp3) is 0.800. The number of rotatable bonds is 2. The van der Waals surface area contributed by atoms with E-state index in [1.165, 1.54) is 11.7 Å². The van der Waals surface area contributed by atoms with Crippen LogP contribution in [0.25, 0.3) is 0 Å². The summed E-state index contributed by atoms with van der Waals surface area (Å²) in [4.78, 5) is 0. The van der Waals surface area contributed by atoms with Gasteiger partial charge in [-0.1, -0.05) is 0 Å². The van der Waals surface area contributed by atoms with Crippen LogP contribution in [-0.2, 0) is 0 Å². The third kappa shape index (κ3) is 4.35. The van der Waals surface area contributed by atoms with Gasteiger partial charge >= 0.3 is 0 Å². The first-order valence-corrected chi connectivity index (χ1v) is 3.44. The van der Waals surface area contributed by atoms with E-state index in [4.69, 9.17) is 0 Å². The van der Waals surface area contributed by atoms with Gasteiger partial charge in [-0.15, -0.1) is 5.75 Å². The van der Waals surface area contributed by atoms with Gasteiger partial charge < -0.3 is 5.92 Å². The van der Waals surface area contributed by atoms with Crippen LogP contribution in [0.2, 0.25) is 0 Å². The molecule has 0 radical (unpaired) electrons. The molecule has 0 atom stereocenters. The Labute approximate surface area is 44.3 Å². The topological polar surface area (TPSA) is 0 Å². The molecular weight excluding hydrogens is 92.1 g/mol. The molecule has 6 heavy (non-hydrogen) atoms. The maximum Gasteiger partial charge on any atom is -0.0210 e. The van der Waals surface area contributed by atoms with Crippen LogP contribution in [-0.4, -0.2) is 12.0 Å². The summed E-state index contributed by atoms with van der Waals surface area (Å²) in [6.07, 6.45) is 2.12. The van der Waals surface area contributed by atoms with Crippen molar-refractivity contribution in [3.63, 3.8) is 0 Å². The Bertz CT molecular complexity index is 25.1. The molecule has 0 bridgehead atoms. The Balaban J connectivity index is 2.63. The Kier molecular flexibility index (Phi) is 3.74. The maximum absolute atomic E-state index is 2.15. The molecule has 0 amide bonds. The van der Waals surface area contributed by atoms with Crippen LogP contribution < -0.4 is 0 Å². The van der Waals surface area contributed by atoms with Crippen LogP contribution in [0.4, 0.5) is 0 Å².